The van der Waals surface area contributed by atoms with E-state index >= 15 is 0 Å². The molecule has 0 radical (unpaired) electrons. The molecule has 2 rings (SSSR count). The second-order valence-corrected chi connectivity index (χ2v) is 6.92. The van der Waals surface area contributed by atoms with E-state index in [-0.39, 0.29) is 24.0 Å². The molecule has 0 aliphatic heterocycles. The molecular weight excluding hydrogens is 505 g/mol. The molecule has 6 nitrogen and oxygen atoms in total. The molecule has 0 amide bonds. The molecule has 0 saturated carbocycles. The third kappa shape index (κ3) is 9.78. The van der Waals surface area contributed by atoms with Gasteiger partial charge in [-0.25, -0.2) is 0 Å². The summed E-state index contributed by atoms with van der Waals surface area (Å²) in [7, 11) is 1.65. The summed E-state index contributed by atoms with van der Waals surface area (Å²) in [6.07, 6.45) is 2.00. The number of hydrogen-bond donors (Lipinski definition) is 3. The van der Waals surface area contributed by atoms with Crippen molar-refractivity contribution < 1.29 is 14.6 Å². The lowest BCUT2D eigenvalue weighted by atomic mass is 10.1. The van der Waals surface area contributed by atoms with E-state index in [1.165, 1.54) is 5.56 Å². The first kappa shape index (κ1) is 27.0. The van der Waals surface area contributed by atoms with Gasteiger partial charge in [0.2, 0.25) is 0 Å². The lowest BCUT2D eigenvalue weighted by Gasteiger charge is -2.14. The molecule has 1 atom stereocenters. The molecule has 1 unspecified atom stereocenters. The normalized spacial score (nSPS) is 11.9. The number of aliphatic hydroxyl groups excluding tert-OH is 1. The first-order valence-electron chi connectivity index (χ1n) is 10.7. The predicted molar refractivity (Wildman–Crippen MR) is 138 cm³/mol. The summed E-state index contributed by atoms with van der Waals surface area (Å²) in [5.74, 6) is 2.32. The maximum Gasteiger partial charge on any atom is 0.191 e. The second kappa shape index (κ2) is 15.8. The molecule has 7 heteroatoms. The molecule has 3 N–H and O–H groups in total. The molecule has 0 aliphatic rings. The Hall–Kier alpha value is -2.00. The highest BCUT2D eigenvalue weighted by Gasteiger charge is 2.07. The smallest absolute Gasteiger partial charge is 0.191 e. The van der Waals surface area contributed by atoms with E-state index < -0.39 is 6.10 Å². The van der Waals surface area contributed by atoms with Crippen molar-refractivity contribution in [1.82, 2.24) is 10.6 Å². The van der Waals surface area contributed by atoms with E-state index in [1.807, 2.05) is 56.3 Å². The molecule has 2 aromatic rings. The second-order valence-electron chi connectivity index (χ2n) is 6.92. The number of aliphatic imine (C=N–C) groups is 1. The number of hydrogen-bond acceptors (Lipinski definition) is 4. The van der Waals surface area contributed by atoms with Gasteiger partial charge in [0.1, 0.15) is 0 Å². The van der Waals surface area contributed by atoms with Gasteiger partial charge < -0.3 is 25.2 Å². The van der Waals surface area contributed by atoms with Crippen LogP contribution in [0.5, 0.6) is 11.5 Å². The minimum Gasteiger partial charge on any atom is -0.493 e. The SMILES string of the molecule is CCNC(=NCCCc1ccc(OC)c(OCC)c1)NCCC(O)c1ccccc1.I. The molecule has 0 saturated heterocycles. The predicted octanol–water partition coefficient (Wildman–Crippen LogP) is 4.32. The Bertz CT molecular complexity index is 772. The molecule has 0 spiro atoms. The number of nitrogens with zero attached hydrogens (tertiary/aromatic N) is 1. The Kier molecular flexibility index (Phi) is 13.7. The fraction of sp³-hybridized carbons (Fsp3) is 0.458. The van der Waals surface area contributed by atoms with E-state index in [0.717, 1.165) is 42.4 Å². The number of aliphatic hydroxyl groups is 1. The average molecular weight is 541 g/mol. The van der Waals surface area contributed by atoms with Crippen molar-refractivity contribution in [3.8, 4) is 11.5 Å². The number of nitrogens with one attached hydrogen (secondary N) is 2. The highest BCUT2D eigenvalue weighted by molar-refractivity contribution is 14.0. The molecular formula is C24H36IN3O3. The van der Waals surface area contributed by atoms with Crippen LogP contribution >= 0.6 is 24.0 Å². The number of aryl methyl sites for hydroxylation is 1. The molecule has 2 aromatic carbocycles. The van der Waals surface area contributed by atoms with Gasteiger partial charge in [-0.05, 0) is 56.4 Å². The Morgan fingerprint density at radius 1 is 1.06 bits per heavy atom. The number of ether oxygens (including phenoxy) is 2. The Labute approximate surface area is 203 Å². The van der Waals surface area contributed by atoms with Crippen molar-refractivity contribution in [2.24, 2.45) is 4.99 Å². The van der Waals surface area contributed by atoms with Gasteiger partial charge in [0.25, 0.3) is 0 Å². The summed E-state index contributed by atoms with van der Waals surface area (Å²) >= 11 is 0. The molecule has 31 heavy (non-hydrogen) atoms. The van der Waals surface area contributed by atoms with Gasteiger partial charge in [-0.3, -0.25) is 4.99 Å². The zero-order valence-corrected chi connectivity index (χ0v) is 21.1. The largest absolute Gasteiger partial charge is 0.493 e. The maximum atomic E-state index is 10.3. The lowest BCUT2D eigenvalue weighted by molar-refractivity contribution is 0.168. The van der Waals surface area contributed by atoms with Gasteiger partial charge in [0.15, 0.2) is 17.5 Å². The average Bonchev–Trinajstić information content (AvgIpc) is 2.77. The zero-order valence-electron chi connectivity index (χ0n) is 18.8. The standard InChI is InChI=1S/C24H35N3O3.HI/c1-4-25-24(27-17-15-21(28)20-11-7-6-8-12-20)26-16-9-10-19-13-14-22(29-3)23(18-19)30-5-2;/h6-8,11-14,18,21,28H,4-5,9-10,15-17H2,1-3H3,(H2,25,26,27);1H. The van der Waals surface area contributed by atoms with Crippen LogP contribution in [-0.2, 0) is 6.42 Å². The van der Waals surface area contributed by atoms with Gasteiger partial charge in [0.05, 0.1) is 19.8 Å². The summed E-state index contributed by atoms with van der Waals surface area (Å²) < 4.78 is 11.0. The fourth-order valence-electron chi connectivity index (χ4n) is 3.13. The van der Waals surface area contributed by atoms with Gasteiger partial charge >= 0.3 is 0 Å². The maximum absolute atomic E-state index is 10.3. The van der Waals surface area contributed by atoms with Crippen LogP contribution < -0.4 is 20.1 Å². The van der Waals surface area contributed by atoms with Crippen molar-refractivity contribution >= 4 is 29.9 Å². The minimum atomic E-state index is -0.476. The molecule has 0 aliphatic carbocycles. The Morgan fingerprint density at radius 3 is 2.52 bits per heavy atom. The number of rotatable bonds is 12. The van der Waals surface area contributed by atoms with Crippen molar-refractivity contribution in [2.75, 3.05) is 33.4 Å². The van der Waals surface area contributed by atoms with Crippen LogP contribution in [0.4, 0.5) is 0 Å². The number of methoxy groups -OCH3 is 1. The van der Waals surface area contributed by atoms with Crippen LogP contribution in [0.15, 0.2) is 53.5 Å². The van der Waals surface area contributed by atoms with E-state index in [2.05, 4.69) is 21.7 Å². The zero-order chi connectivity index (χ0) is 21.6. The number of guanidine groups is 1. The third-order valence-electron chi connectivity index (χ3n) is 4.66. The minimum absolute atomic E-state index is 0. The van der Waals surface area contributed by atoms with Crippen LogP contribution in [0.1, 0.15) is 43.9 Å². The van der Waals surface area contributed by atoms with E-state index in [9.17, 15) is 5.11 Å². The highest BCUT2D eigenvalue weighted by atomic mass is 127. The highest BCUT2D eigenvalue weighted by Crippen LogP contribution is 2.28. The molecule has 172 valence electrons. The van der Waals surface area contributed by atoms with Gasteiger partial charge in [-0.15, -0.1) is 24.0 Å². The Balaban J connectivity index is 0.00000480. The van der Waals surface area contributed by atoms with Gasteiger partial charge in [-0.2, -0.15) is 0 Å². The van der Waals surface area contributed by atoms with E-state index in [4.69, 9.17) is 9.47 Å². The van der Waals surface area contributed by atoms with E-state index in [1.54, 1.807) is 7.11 Å². The summed E-state index contributed by atoms with van der Waals surface area (Å²) in [6, 6.07) is 15.8. The number of benzene rings is 2. The van der Waals surface area contributed by atoms with Crippen molar-refractivity contribution in [2.45, 2.75) is 39.2 Å². The summed E-state index contributed by atoms with van der Waals surface area (Å²) in [4.78, 5) is 4.65. The molecule has 0 aromatic heterocycles. The third-order valence-corrected chi connectivity index (χ3v) is 4.66. The number of halogens is 1. The first-order valence-corrected chi connectivity index (χ1v) is 10.7. The summed E-state index contributed by atoms with van der Waals surface area (Å²) in [5.41, 5.74) is 2.14. The monoisotopic (exact) mass is 541 g/mol. The van der Waals surface area contributed by atoms with Crippen molar-refractivity contribution in [3.05, 3.63) is 59.7 Å². The molecule has 0 heterocycles. The fourth-order valence-corrected chi connectivity index (χ4v) is 3.13. The summed E-state index contributed by atoms with van der Waals surface area (Å²) in [6.45, 7) is 6.78. The lowest BCUT2D eigenvalue weighted by Crippen LogP contribution is -2.38. The van der Waals surface area contributed by atoms with Gasteiger partial charge in [-0.1, -0.05) is 36.4 Å². The van der Waals surface area contributed by atoms with Crippen LogP contribution in [0, 0.1) is 0 Å². The molecule has 0 bridgehead atoms. The van der Waals surface area contributed by atoms with Crippen LogP contribution in [0.2, 0.25) is 0 Å². The van der Waals surface area contributed by atoms with E-state index in [0.29, 0.717) is 26.1 Å². The first-order chi connectivity index (χ1) is 14.7. The van der Waals surface area contributed by atoms with Crippen LogP contribution in [0.3, 0.4) is 0 Å². The van der Waals surface area contributed by atoms with Crippen LogP contribution in [-0.4, -0.2) is 44.4 Å². The van der Waals surface area contributed by atoms with Crippen molar-refractivity contribution in [1.29, 1.82) is 0 Å². The van der Waals surface area contributed by atoms with Crippen molar-refractivity contribution in [3.63, 3.8) is 0 Å². The topological polar surface area (TPSA) is 75.1 Å². The van der Waals surface area contributed by atoms with Gasteiger partial charge in [0, 0.05) is 19.6 Å². The Morgan fingerprint density at radius 2 is 1.84 bits per heavy atom. The summed E-state index contributed by atoms with van der Waals surface area (Å²) in [5, 5.41) is 16.8. The molecule has 0 fully saturated rings. The quantitative estimate of drug-likeness (QED) is 0.162. The van der Waals surface area contributed by atoms with Crippen LogP contribution in [0.25, 0.3) is 0 Å².